The Morgan fingerprint density at radius 2 is 2.05 bits per heavy atom. The highest BCUT2D eigenvalue weighted by atomic mass is 35.5. The average Bonchev–Trinajstić information content (AvgIpc) is 2.49. The molecule has 2 aromatic rings. The van der Waals surface area contributed by atoms with Gasteiger partial charge >= 0.3 is 0 Å². The molecule has 1 heterocycles. The summed E-state index contributed by atoms with van der Waals surface area (Å²) in [5.41, 5.74) is 8.71. The van der Waals surface area contributed by atoms with Gasteiger partial charge < -0.3 is 15.8 Å². The first-order valence-electron chi connectivity index (χ1n) is 6.63. The molecule has 0 spiro atoms. The number of nitrogen functional groups attached to an aromatic ring is 1. The maximum absolute atomic E-state index is 12.4. The largest absolute Gasteiger partial charge is 0.497 e. The van der Waals surface area contributed by atoms with Gasteiger partial charge in [0.15, 0.2) is 0 Å². The molecule has 0 atom stereocenters. The van der Waals surface area contributed by atoms with Crippen molar-refractivity contribution in [2.75, 3.05) is 18.2 Å². The fourth-order valence-corrected chi connectivity index (χ4v) is 1.93. The molecule has 1 aromatic carbocycles. The van der Waals surface area contributed by atoms with Gasteiger partial charge in [0.05, 0.1) is 35.4 Å². The fraction of sp³-hybridized carbons (Fsp3) is 0.267. The number of methoxy groups -OCH3 is 1. The van der Waals surface area contributed by atoms with Gasteiger partial charge in [-0.1, -0.05) is 6.92 Å². The van der Waals surface area contributed by atoms with Crippen molar-refractivity contribution in [1.82, 2.24) is 10.2 Å². The summed E-state index contributed by atoms with van der Waals surface area (Å²) in [5, 5.41) is 10.8. The van der Waals surface area contributed by atoms with Crippen molar-refractivity contribution in [2.45, 2.75) is 20.3 Å². The molecule has 22 heavy (non-hydrogen) atoms. The fourth-order valence-electron chi connectivity index (χ4n) is 1.93. The number of carbonyl (C=O) groups excluding carboxylic acids is 1. The summed E-state index contributed by atoms with van der Waals surface area (Å²) < 4.78 is 5.13. The Balaban J connectivity index is 0.00000242. The van der Waals surface area contributed by atoms with E-state index in [0.29, 0.717) is 40.5 Å². The Labute approximate surface area is 135 Å². The monoisotopic (exact) mass is 322 g/mol. The number of anilines is 2. The van der Waals surface area contributed by atoms with E-state index in [0.717, 1.165) is 0 Å². The molecule has 3 N–H and O–H groups in total. The second kappa shape index (κ2) is 7.61. The minimum Gasteiger partial charge on any atom is -0.497 e. The molecule has 0 radical (unpaired) electrons. The van der Waals surface area contributed by atoms with Crippen LogP contribution in [0.25, 0.3) is 0 Å². The number of nitrogens with one attached hydrogen (secondary N) is 1. The van der Waals surface area contributed by atoms with E-state index in [4.69, 9.17) is 10.5 Å². The predicted octanol–water partition coefficient (Wildman–Crippen LogP) is 2.61. The molecule has 1 aromatic heterocycles. The van der Waals surface area contributed by atoms with Gasteiger partial charge in [-0.15, -0.1) is 12.4 Å². The third-order valence-electron chi connectivity index (χ3n) is 3.08. The number of aryl methyl sites for hydroxylation is 2. The highest BCUT2D eigenvalue weighted by Crippen LogP contribution is 2.25. The maximum atomic E-state index is 12.4. The molecule has 0 saturated heterocycles. The molecule has 0 saturated carbocycles. The SMILES string of the molecule is CCc1nnc(C)cc1C(=O)Nc1cc(OC)ccc1N.Cl. The summed E-state index contributed by atoms with van der Waals surface area (Å²) in [4.78, 5) is 12.4. The first-order chi connectivity index (χ1) is 10.0. The second-order valence-electron chi connectivity index (χ2n) is 4.61. The van der Waals surface area contributed by atoms with E-state index < -0.39 is 0 Å². The van der Waals surface area contributed by atoms with Crippen LogP contribution < -0.4 is 15.8 Å². The Morgan fingerprint density at radius 3 is 2.68 bits per heavy atom. The number of nitrogens with zero attached hydrogens (tertiary/aromatic N) is 2. The van der Waals surface area contributed by atoms with Crippen molar-refractivity contribution in [3.8, 4) is 5.75 Å². The summed E-state index contributed by atoms with van der Waals surface area (Å²) in [6.07, 6.45) is 0.629. The number of ether oxygens (including phenoxy) is 1. The lowest BCUT2D eigenvalue weighted by Gasteiger charge is -2.11. The topological polar surface area (TPSA) is 90.1 Å². The van der Waals surface area contributed by atoms with Gasteiger partial charge in [-0.3, -0.25) is 4.79 Å². The number of carbonyl (C=O) groups is 1. The van der Waals surface area contributed by atoms with Gasteiger partial charge in [-0.25, -0.2) is 0 Å². The predicted molar refractivity (Wildman–Crippen MR) is 88.8 cm³/mol. The van der Waals surface area contributed by atoms with Gasteiger partial charge in [0, 0.05) is 6.07 Å². The lowest BCUT2D eigenvalue weighted by Crippen LogP contribution is -2.17. The van der Waals surface area contributed by atoms with Crippen molar-refractivity contribution in [1.29, 1.82) is 0 Å². The van der Waals surface area contributed by atoms with Crippen LogP contribution in [0.1, 0.15) is 28.7 Å². The third-order valence-corrected chi connectivity index (χ3v) is 3.08. The van der Waals surface area contributed by atoms with Crippen molar-refractivity contribution in [3.05, 3.63) is 41.2 Å². The zero-order valence-electron chi connectivity index (χ0n) is 12.7. The summed E-state index contributed by atoms with van der Waals surface area (Å²) >= 11 is 0. The molecule has 7 heteroatoms. The molecule has 0 unspecified atom stereocenters. The van der Waals surface area contributed by atoms with Crippen LogP contribution in [0.4, 0.5) is 11.4 Å². The quantitative estimate of drug-likeness (QED) is 0.844. The molecule has 0 aliphatic heterocycles. The van der Waals surface area contributed by atoms with E-state index in [1.807, 2.05) is 6.92 Å². The van der Waals surface area contributed by atoms with Gasteiger partial charge in [0.25, 0.3) is 5.91 Å². The van der Waals surface area contributed by atoms with E-state index in [9.17, 15) is 4.79 Å². The van der Waals surface area contributed by atoms with Gasteiger partial charge in [-0.05, 0) is 31.5 Å². The maximum Gasteiger partial charge on any atom is 0.257 e. The number of hydrogen-bond acceptors (Lipinski definition) is 5. The van der Waals surface area contributed by atoms with Crippen LogP contribution >= 0.6 is 12.4 Å². The van der Waals surface area contributed by atoms with E-state index in [1.165, 1.54) is 0 Å². The van der Waals surface area contributed by atoms with Crippen LogP contribution in [-0.2, 0) is 6.42 Å². The normalized spacial score (nSPS) is 9.77. The van der Waals surface area contributed by atoms with Crippen LogP contribution in [0.5, 0.6) is 5.75 Å². The Kier molecular flexibility index (Phi) is 6.12. The van der Waals surface area contributed by atoms with Gasteiger partial charge in [0.1, 0.15) is 5.75 Å². The van der Waals surface area contributed by atoms with E-state index in [2.05, 4.69) is 15.5 Å². The minimum atomic E-state index is -0.259. The number of aromatic nitrogens is 2. The molecular weight excluding hydrogens is 304 g/mol. The second-order valence-corrected chi connectivity index (χ2v) is 4.61. The summed E-state index contributed by atoms with van der Waals surface area (Å²) in [7, 11) is 1.56. The standard InChI is InChI=1S/C15H18N4O2.ClH/c1-4-13-11(7-9(2)18-19-13)15(20)17-14-8-10(21-3)5-6-12(14)16;/h5-8H,4,16H2,1-3H3,(H,17,20);1H. The highest BCUT2D eigenvalue weighted by Gasteiger charge is 2.14. The first kappa shape index (κ1) is 17.7. The molecule has 1 amide bonds. The zero-order valence-corrected chi connectivity index (χ0v) is 13.5. The van der Waals surface area contributed by atoms with Gasteiger partial charge in [0.2, 0.25) is 0 Å². The number of nitrogens with two attached hydrogens (primary N) is 1. The molecular formula is C15H19ClN4O2. The van der Waals surface area contributed by atoms with Crippen molar-refractivity contribution < 1.29 is 9.53 Å². The lowest BCUT2D eigenvalue weighted by atomic mass is 10.1. The zero-order chi connectivity index (χ0) is 15.4. The van der Waals surface area contributed by atoms with E-state index in [-0.39, 0.29) is 18.3 Å². The number of rotatable bonds is 4. The molecule has 2 rings (SSSR count). The van der Waals surface area contributed by atoms with Crippen LogP contribution in [0, 0.1) is 6.92 Å². The average molecular weight is 323 g/mol. The molecule has 6 nitrogen and oxygen atoms in total. The highest BCUT2D eigenvalue weighted by molar-refractivity contribution is 6.06. The number of benzene rings is 1. The van der Waals surface area contributed by atoms with Crippen LogP contribution in [0.2, 0.25) is 0 Å². The molecule has 0 aliphatic carbocycles. The number of hydrogen-bond donors (Lipinski definition) is 2. The van der Waals surface area contributed by atoms with Crippen molar-refractivity contribution in [3.63, 3.8) is 0 Å². The van der Waals surface area contributed by atoms with Crippen LogP contribution in [0.15, 0.2) is 24.3 Å². The summed E-state index contributed by atoms with van der Waals surface area (Å²) in [5.74, 6) is 0.365. The Morgan fingerprint density at radius 1 is 1.32 bits per heavy atom. The Bertz CT molecular complexity index is 677. The minimum absolute atomic E-state index is 0. The number of amides is 1. The van der Waals surface area contributed by atoms with E-state index in [1.54, 1.807) is 38.3 Å². The van der Waals surface area contributed by atoms with Crippen LogP contribution in [0.3, 0.4) is 0 Å². The smallest absolute Gasteiger partial charge is 0.257 e. The number of halogens is 1. The summed E-state index contributed by atoms with van der Waals surface area (Å²) in [6.45, 7) is 3.72. The summed E-state index contributed by atoms with van der Waals surface area (Å²) in [6, 6.07) is 6.82. The molecule has 118 valence electrons. The van der Waals surface area contributed by atoms with Gasteiger partial charge in [-0.2, -0.15) is 10.2 Å². The lowest BCUT2D eigenvalue weighted by molar-refractivity contribution is 0.102. The van der Waals surface area contributed by atoms with Crippen molar-refractivity contribution >= 4 is 29.7 Å². The first-order valence-corrected chi connectivity index (χ1v) is 6.63. The third kappa shape index (κ3) is 3.85. The molecule has 0 aliphatic rings. The Hall–Kier alpha value is -2.34. The van der Waals surface area contributed by atoms with Crippen molar-refractivity contribution in [2.24, 2.45) is 0 Å². The molecule has 0 fully saturated rings. The van der Waals surface area contributed by atoms with Crippen LogP contribution in [-0.4, -0.2) is 23.2 Å². The van der Waals surface area contributed by atoms with E-state index >= 15 is 0 Å². The molecule has 0 bridgehead atoms.